The van der Waals surface area contributed by atoms with Crippen LogP contribution >= 0.6 is 0 Å². The minimum Gasteiger partial charge on any atom is -0.299 e. The summed E-state index contributed by atoms with van der Waals surface area (Å²) in [6.07, 6.45) is 12.1. The predicted molar refractivity (Wildman–Crippen MR) is 85.9 cm³/mol. The van der Waals surface area contributed by atoms with Gasteiger partial charge in [-0.15, -0.1) is 0 Å². The number of hydrogen-bond donors (Lipinski definition) is 0. The van der Waals surface area contributed by atoms with Crippen LogP contribution in [0.4, 0.5) is 0 Å². The molecular weight excluding hydrogens is 256 g/mol. The summed E-state index contributed by atoms with van der Waals surface area (Å²) in [5.41, 5.74) is 0.894. The lowest BCUT2D eigenvalue weighted by atomic mass is 9.45. The highest BCUT2D eigenvalue weighted by atomic mass is 16.1. The third-order valence-electron chi connectivity index (χ3n) is 8.78. The van der Waals surface area contributed by atoms with Gasteiger partial charge in [-0.2, -0.15) is 0 Å². The Hall–Kier alpha value is -0.330. The average molecular weight is 288 g/mol. The van der Waals surface area contributed by atoms with E-state index >= 15 is 0 Å². The summed E-state index contributed by atoms with van der Waals surface area (Å²) in [7, 11) is 0. The summed E-state index contributed by atoms with van der Waals surface area (Å²) in [6.45, 7) is 7.38. The van der Waals surface area contributed by atoms with E-state index in [0.29, 0.717) is 28.4 Å². The molecule has 0 bridgehead atoms. The molecule has 0 aromatic carbocycles. The van der Waals surface area contributed by atoms with Crippen molar-refractivity contribution >= 4 is 5.78 Å². The van der Waals surface area contributed by atoms with E-state index in [4.69, 9.17) is 0 Å². The second-order valence-corrected chi connectivity index (χ2v) is 9.39. The Morgan fingerprint density at radius 3 is 2.57 bits per heavy atom. The van der Waals surface area contributed by atoms with Crippen LogP contribution in [0.5, 0.6) is 0 Å². The van der Waals surface area contributed by atoms with Crippen LogP contribution in [0.25, 0.3) is 0 Å². The molecule has 4 aliphatic rings. The van der Waals surface area contributed by atoms with Crippen LogP contribution in [0.2, 0.25) is 0 Å². The van der Waals surface area contributed by atoms with E-state index in [2.05, 4.69) is 20.8 Å². The smallest absolute Gasteiger partial charge is 0.137 e. The van der Waals surface area contributed by atoms with E-state index in [1.54, 1.807) is 0 Å². The van der Waals surface area contributed by atoms with Gasteiger partial charge in [0.15, 0.2) is 0 Å². The van der Waals surface area contributed by atoms with Crippen molar-refractivity contribution in [3.05, 3.63) is 0 Å². The Balaban J connectivity index is 1.69. The number of ketones is 1. The van der Waals surface area contributed by atoms with Gasteiger partial charge in [0.1, 0.15) is 5.78 Å². The molecule has 118 valence electrons. The lowest BCUT2D eigenvalue weighted by molar-refractivity contribution is -0.140. The zero-order valence-electron chi connectivity index (χ0n) is 14.2. The minimum absolute atomic E-state index is 0.329. The summed E-state index contributed by atoms with van der Waals surface area (Å²) >= 11 is 0. The SMILES string of the molecule is C[C@H]1CC(=O)[C@@H]2[C@@H]3CC[C@H]4CCCC[C@]4(C)[C@H]3CC[C@@]21C. The molecule has 4 rings (SSSR count). The zero-order chi connectivity index (χ0) is 14.8. The average Bonchev–Trinajstić information content (AvgIpc) is 2.68. The molecule has 4 fully saturated rings. The molecule has 0 N–H and O–H groups in total. The van der Waals surface area contributed by atoms with E-state index in [0.717, 1.165) is 24.2 Å². The van der Waals surface area contributed by atoms with Gasteiger partial charge < -0.3 is 0 Å². The second kappa shape index (κ2) is 4.59. The van der Waals surface area contributed by atoms with Gasteiger partial charge in [-0.05, 0) is 73.0 Å². The molecule has 0 unspecified atom stereocenters. The van der Waals surface area contributed by atoms with Crippen molar-refractivity contribution in [2.75, 3.05) is 0 Å². The van der Waals surface area contributed by atoms with Crippen LogP contribution in [0, 0.1) is 40.4 Å². The van der Waals surface area contributed by atoms with Gasteiger partial charge in [-0.1, -0.05) is 33.6 Å². The second-order valence-electron chi connectivity index (χ2n) is 9.39. The molecule has 4 aliphatic carbocycles. The van der Waals surface area contributed by atoms with Gasteiger partial charge in [0, 0.05) is 12.3 Å². The third-order valence-corrected chi connectivity index (χ3v) is 8.78. The summed E-state index contributed by atoms with van der Waals surface area (Å²) in [5.74, 6) is 4.19. The van der Waals surface area contributed by atoms with Gasteiger partial charge in [-0.25, -0.2) is 0 Å². The quantitative estimate of drug-likeness (QED) is 0.596. The lowest BCUT2D eigenvalue weighted by Crippen LogP contribution is -2.53. The Morgan fingerprint density at radius 1 is 0.952 bits per heavy atom. The number of rotatable bonds is 0. The van der Waals surface area contributed by atoms with Crippen LogP contribution in [0.3, 0.4) is 0 Å². The van der Waals surface area contributed by atoms with Crippen LogP contribution in [0.15, 0.2) is 0 Å². The number of Topliss-reactive ketones (excluding diaryl/α,β-unsaturated/α-hetero) is 1. The summed E-state index contributed by atoms with van der Waals surface area (Å²) in [4.78, 5) is 12.7. The maximum Gasteiger partial charge on any atom is 0.137 e. The molecule has 21 heavy (non-hydrogen) atoms. The first-order chi connectivity index (χ1) is 9.97. The highest BCUT2D eigenvalue weighted by Crippen LogP contribution is 2.66. The fraction of sp³-hybridized carbons (Fsp3) is 0.950. The van der Waals surface area contributed by atoms with E-state index in [1.165, 1.54) is 51.4 Å². The monoisotopic (exact) mass is 288 g/mol. The third kappa shape index (κ3) is 1.78. The molecule has 0 saturated heterocycles. The molecule has 0 amide bonds. The van der Waals surface area contributed by atoms with Crippen molar-refractivity contribution in [1.82, 2.24) is 0 Å². The number of carbonyl (C=O) groups is 1. The Bertz CT molecular complexity index is 455. The van der Waals surface area contributed by atoms with Crippen molar-refractivity contribution in [2.45, 2.75) is 78.6 Å². The van der Waals surface area contributed by atoms with Gasteiger partial charge >= 0.3 is 0 Å². The van der Waals surface area contributed by atoms with Gasteiger partial charge in [0.25, 0.3) is 0 Å². The van der Waals surface area contributed by atoms with Crippen molar-refractivity contribution in [3.8, 4) is 0 Å². The molecule has 1 nitrogen and oxygen atoms in total. The lowest BCUT2D eigenvalue weighted by Gasteiger charge is -2.60. The zero-order valence-corrected chi connectivity index (χ0v) is 14.2. The minimum atomic E-state index is 0.329. The van der Waals surface area contributed by atoms with Gasteiger partial charge in [0.05, 0.1) is 0 Å². The Kier molecular flexibility index (Phi) is 3.12. The van der Waals surface area contributed by atoms with Crippen molar-refractivity contribution in [1.29, 1.82) is 0 Å². The van der Waals surface area contributed by atoms with Crippen LogP contribution < -0.4 is 0 Å². The number of hydrogen-bond acceptors (Lipinski definition) is 1. The van der Waals surface area contributed by atoms with Crippen LogP contribution in [-0.4, -0.2) is 5.78 Å². The van der Waals surface area contributed by atoms with Gasteiger partial charge in [-0.3, -0.25) is 4.79 Å². The van der Waals surface area contributed by atoms with E-state index in [-0.39, 0.29) is 0 Å². The normalized spacial score (nSPS) is 56.5. The molecule has 0 aromatic rings. The molecule has 7 atom stereocenters. The first kappa shape index (κ1) is 14.3. The van der Waals surface area contributed by atoms with E-state index in [9.17, 15) is 4.79 Å². The molecule has 1 heteroatoms. The standard InChI is InChI=1S/C20H32O/c1-13-12-17(21)18-15-8-7-14-6-4-5-10-20(14,3)16(15)9-11-19(13,18)2/h13-16,18H,4-12H2,1-3H3/t13-,14+,15+,16-,18-,19+,20-/m0/s1. The fourth-order valence-electron chi connectivity index (χ4n) is 7.35. The molecule has 0 heterocycles. The highest BCUT2D eigenvalue weighted by Gasteiger charge is 2.61. The molecule has 4 saturated carbocycles. The van der Waals surface area contributed by atoms with Gasteiger partial charge in [0.2, 0.25) is 0 Å². The molecule has 0 aromatic heterocycles. The summed E-state index contributed by atoms with van der Waals surface area (Å²) < 4.78 is 0. The topological polar surface area (TPSA) is 17.1 Å². The van der Waals surface area contributed by atoms with Crippen LogP contribution in [-0.2, 0) is 4.79 Å². The van der Waals surface area contributed by atoms with Crippen LogP contribution in [0.1, 0.15) is 78.6 Å². The number of fused-ring (bicyclic) bond motifs is 5. The molecule has 0 aliphatic heterocycles. The Labute approximate surface area is 130 Å². The van der Waals surface area contributed by atoms with Crippen molar-refractivity contribution < 1.29 is 4.79 Å². The van der Waals surface area contributed by atoms with Crippen molar-refractivity contribution in [2.24, 2.45) is 40.4 Å². The highest BCUT2D eigenvalue weighted by molar-refractivity contribution is 5.85. The van der Waals surface area contributed by atoms with E-state index in [1.807, 2.05) is 0 Å². The first-order valence-corrected chi connectivity index (χ1v) is 9.49. The fourth-order valence-corrected chi connectivity index (χ4v) is 7.35. The summed E-state index contributed by atoms with van der Waals surface area (Å²) in [6, 6.07) is 0. The molecular formula is C20H32O. The maximum atomic E-state index is 12.7. The Morgan fingerprint density at radius 2 is 1.76 bits per heavy atom. The maximum absolute atomic E-state index is 12.7. The number of carbonyl (C=O) groups excluding carboxylic acids is 1. The summed E-state index contributed by atoms with van der Waals surface area (Å²) in [5, 5.41) is 0. The first-order valence-electron chi connectivity index (χ1n) is 9.49. The predicted octanol–water partition coefficient (Wildman–Crippen LogP) is 5.23. The van der Waals surface area contributed by atoms with E-state index < -0.39 is 0 Å². The molecule has 0 radical (unpaired) electrons. The largest absolute Gasteiger partial charge is 0.299 e. The van der Waals surface area contributed by atoms with Crippen molar-refractivity contribution in [3.63, 3.8) is 0 Å². The molecule has 0 spiro atoms.